The minimum atomic E-state index is -0.963. The number of rotatable bonds is 4. The van der Waals surface area contributed by atoms with E-state index in [1.54, 1.807) is 31.1 Å². The average molecular weight is 379 g/mol. The molecule has 6 nitrogen and oxygen atoms in total. The quantitative estimate of drug-likeness (QED) is 0.886. The lowest BCUT2D eigenvalue weighted by atomic mass is 9.73. The SMILES string of the molecule is CCOC(C)(C)C(=O)N1CCC2(C(=O)Nc3ccccc32)C1c1cccnc1. The summed E-state index contributed by atoms with van der Waals surface area (Å²) in [7, 11) is 0. The van der Waals surface area contributed by atoms with Gasteiger partial charge < -0.3 is 15.0 Å². The van der Waals surface area contributed by atoms with E-state index >= 15 is 0 Å². The van der Waals surface area contributed by atoms with Crippen molar-refractivity contribution in [3.63, 3.8) is 0 Å². The third-order valence-corrected chi connectivity index (χ3v) is 5.87. The lowest BCUT2D eigenvalue weighted by Gasteiger charge is -2.37. The number of hydrogen-bond donors (Lipinski definition) is 1. The Balaban J connectivity index is 1.86. The van der Waals surface area contributed by atoms with Crippen molar-refractivity contribution in [2.75, 3.05) is 18.5 Å². The second kappa shape index (κ2) is 6.71. The number of aromatic nitrogens is 1. The van der Waals surface area contributed by atoms with Gasteiger partial charge in [-0.15, -0.1) is 0 Å². The van der Waals surface area contributed by atoms with Crippen LogP contribution in [0.3, 0.4) is 0 Å². The Morgan fingerprint density at radius 1 is 1.32 bits per heavy atom. The maximum atomic E-state index is 13.4. The van der Waals surface area contributed by atoms with Crippen LogP contribution in [-0.4, -0.2) is 40.5 Å². The molecule has 1 spiro atoms. The van der Waals surface area contributed by atoms with Crippen molar-refractivity contribution in [2.45, 2.75) is 44.2 Å². The number of fused-ring (bicyclic) bond motifs is 2. The molecule has 1 fully saturated rings. The number of hydrogen-bond acceptors (Lipinski definition) is 4. The fraction of sp³-hybridized carbons (Fsp3) is 0.409. The maximum absolute atomic E-state index is 13.4. The molecule has 3 heterocycles. The van der Waals surface area contributed by atoms with E-state index < -0.39 is 17.1 Å². The minimum Gasteiger partial charge on any atom is -0.366 e. The molecule has 0 saturated carbocycles. The Morgan fingerprint density at radius 3 is 2.82 bits per heavy atom. The molecule has 4 rings (SSSR count). The number of anilines is 1. The molecule has 2 amide bonds. The molecule has 146 valence electrons. The number of pyridine rings is 1. The molecule has 2 aliphatic rings. The van der Waals surface area contributed by atoms with Gasteiger partial charge in [0, 0.05) is 31.2 Å². The van der Waals surface area contributed by atoms with E-state index in [1.165, 1.54) is 0 Å². The normalized spacial score (nSPS) is 23.8. The Kier molecular flexibility index (Phi) is 4.46. The van der Waals surface area contributed by atoms with Gasteiger partial charge in [0.25, 0.3) is 5.91 Å². The molecule has 0 aliphatic carbocycles. The molecule has 2 aliphatic heterocycles. The molecule has 1 aromatic carbocycles. The molecule has 0 bridgehead atoms. The second-order valence-electron chi connectivity index (χ2n) is 7.85. The zero-order valence-electron chi connectivity index (χ0n) is 16.4. The first-order chi connectivity index (χ1) is 13.4. The van der Waals surface area contributed by atoms with Crippen LogP contribution in [0.25, 0.3) is 0 Å². The highest BCUT2D eigenvalue weighted by atomic mass is 16.5. The number of likely N-dealkylation sites (tertiary alicyclic amines) is 1. The van der Waals surface area contributed by atoms with E-state index in [0.29, 0.717) is 19.6 Å². The average Bonchev–Trinajstić information content (AvgIpc) is 3.22. The largest absolute Gasteiger partial charge is 0.366 e. The first-order valence-electron chi connectivity index (χ1n) is 9.67. The molecule has 6 heteroatoms. The number of nitrogens with zero attached hydrogens (tertiary/aromatic N) is 2. The zero-order chi connectivity index (χ0) is 19.9. The van der Waals surface area contributed by atoms with Crippen molar-refractivity contribution in [1.82, 2.24) is 9.88 Å². The van der Waals surface area contributed by atoms with Crippen LogP contribution in [-0.2, 0) is 19.7 Å². The van der Waals surface area contributed by atoms with Gasteiger partial charge in [-0.25, -0.2) is 0 Å². The lowest BCUT2D eigenvalue weighted by Crippen LogP contribution is -2.49. The van der Waals surface area contributed by atoms with Gasteiger partial charge in [0.15, 0.2) is 0 Å². The molecule has 1 N–H and O–H groups in total. The highest BCUT2D eigenvalue weighted by Crippen LogP contribution is 2.55. The number of nitrogens with one attached hydrogen (secondary N) is 1. The van der Waals surface area contributed by atoms with Gasteiger partial charge in [0.05, 0.1) is 6.04 Å². The van der Waals surface area contributed by atoms with Crippen molar-refractivity contribution >= 4 is 17.5 Å². The summed E-state index contributed by atoms with van der Waals surface area (Å²) in [6.07, 6.45) is 4.01. The van der Waals surface area contributed by atoms with E-state index in [2.05, 4.69) is 10.3 Å². The van der Waals surface area contributed by atoms with Crippen molar-refractivity contribution in [1.29, 1.82) is 0 Å². The highest BCUT2D eigenvalue weighted by molar-refractivity contribution is 6.08. The predicted molar refractivity (Wildman–Crippen MR) is 106 cm³/mol. The summed E-state index contributed by atoms with van der Waals surface area (Å²) in [6.45, 7) is 6.37. The summed E-state index contributed by atoms with van der Waals surface area (Å²) in [6, 6.07) is 11.1. The molecule has 2 atom stereocenters. The summed E-state index contributed by atoms with van der Waals surface area (Å²) < 4.78 is 5.73. The fourth-order valence-electron chi connectivity index (χ4n) is 4.68. The van der Waals surface area contributed by atoms with E-state index in [1.807, 2.05) is 43.3 Å². The summed E-state index contributed by atoms with van der Waals surface area (Å²) in [5.41, 5.74) is 0.832. The van der Waals surface area contributed by atoms with Gasteiger partial charge in [-0.05, 0) is 50.5 Å². The van der Waals surface area contributed by atoms with Gasteiger partial charge in [0.2, 0.25) is 5.91 Å². The standard InChI is InChI=1S/C22H25N3O3/c1-4-28-21(2,3)20(27)25-13-11-22(18(25)15-8-7-12-23-14-15)16-9-5-6-10-17(16)24-19(22)26/h5-10,12,14,18H,4,11,13H2,1-3H3,(H,24,26). The molecular formula is C22H25N3O3. The number of benzene rings is 1. The third-order valence-electron chi connectivity index (χ3n) is 5.87. The van der Waals surface area contributed by atoms with Gasteiger partial charge in [-0.2, -0.15) is 0 Å². The van der Waals surface area contributed by atoms with Crippen LogP contribution in [0.5, 0.6) is 0 Å². The summed E-state index contributed by atoms with van der Waals surface area (Å²) in [4.78, 5) is 32.8. The molecule has 2 unspecified atom stereocenters. The summed E-state index contributed by atoms with van der Waals surface area (Å²) >= 11 is 0. The van der Waals surface area contributed by atoms with Crippen LogP contribution in [0.1, 0.15) is 44.4 Å². The van der Waals surface area contributed by atoms with Crippen molar-refractivity contribution in [3.8, 4) is 0 Å². The van der Waals surface area contributed by atoms with Crippen LogP contribution < -0.4 is 5.32 Å². The number of amides is 2. The van der Waals surface area contributed by atoms with Crippen LogP contribution >= 0.6 is 0 Å². The van der Waals surface area contributed by atoms with Gasteiger partial charge >= 0.3 is 0 Å². The first kappa shape index (κ1) is 18.6. The first-order valence-corrected chi connectivity index (χ1v) is 9.67. The summed E-state index contributed by atoms with van der Waals surface area (Å²) in [5, 5.41) is 3.02. The predicted octanol–water partition coefficient (Wildman–Crippen LogP) is 3.06. The smallest absolute Gasteiger partial charge is 0.254 e. The Morgan fingerprint density at radius 2 is 2.11 bits per heavy atom. The molecule has 28 heavy (non-hydrogen) atoms. The van der Waals surface area contributed by atoms with Crippen LogP contribution in [0.15, 0.2) is 48.8 Å². The molecule has 1 saturated heterocycles. The molecule has 2 aromatic rings. The topological polar surface area (TPSA) is 71.5 Å². The Hall–Kier alpha value is -2.73. The highest BCUT2D eigenvalue weighted by Gasteiger charge is 2.60. The number of carbonyl (C=O) groups excluding carboxylic acids is 2. The summed E-state index contributed by atoms with van der Waals surface area (Å²) in [5.74, 6) is -0.177. The van der Waals surface area contributed by atoms with E-state index in [0.717, 1.165) is 16.8 Å². The maximum Gasteiger partial charge on any atom is 0.254 e. The van der Waals surface area contributed by atoms with E-state index in [-0.39, 0.29) is 11.8 Å². The number of carbonyl (C=O) groups is 2. The van der Waals surface area contributed by atoms with Crippen molar-refractivity contribution < 1.29 is 14.3 Å². The van der Waals surface area contributed by atoms with Crippen LogP contribution in [0, 0.1) is 0 Å². The molecule has 1 aromatic heterocycles. The van der Waals surface area contributed by atoms with Gasteiger partial charge in [-0.3, -0.25) is 14.6 Å². The molecule has 0 radical (unpaired) electrons. The van der Waals surface area contributed by atoms with Gasteiger partial charge in [-0.1, -0.05) is 24.3 Å². The van der Waals surface area contributed by atoms with Crippen LogP contribution in [0.4, 0.5) is 5.69 Å². The number of para-hydroxylation sites is 1. The van der Waals surface area contributed by atoms with E-state index in [4.69, 9.17) is 4.74 Å². The van der Waals surface area contributed by atoms with Gasteiger partial charge in [0.1, 0.15) is 11.0 Å². The minimum absolute atomic E-state index is 0.0629. The van der Waals surface area contributed by atoms with E-state index in [9.17, 15) is 9.59 Å². The third kappa shape index (κ3) is 2.63. The van der Waals surface area contributed by atoms with Crippen molar-refractivity contribution in [3.05, 3.63) is 59.9 Å². The van der Waals surface area contributed by atoms with Crippen LogP contribution in [0.2, 0.25) is 0 Å². The van der Waals surface area contributed by atoms with Crippen molar-refractivity contribution in [2.24, 2.45) is 0 Å². The zero-order valence-corrected chi connectivity index (χ0v) is 16.4. The molecular weight excluding hydrogens is 354 g/mol. The lowest BCUT2D eigenvalue weighted by molar-refractivity contribution is -0.155. The number of ether oxygens (including phenoxy) is 1. The second-order valence-corrected chi connectivity index (χ2v) is 7.85. The Labute approximate surface area is 164 Å². The monoisotopic (exact) mass is 379 g/mol. The fourth-order valence-corrected chi connectivity index (χ4v) is 4.68. The Bertz CT molecular complexity index is 912.